The van der Waals surface area contributed by atoms with Crippen LogP contribution in [0.1, 0.15) is 24.9 Å². The van der Waals surface area contributed by atoms with Gasteiger partial charge >= 0.3 is 6.36 Å². The summed E-state index contributed by atoms with van der Waals surface area (Å²) in [6.07, 6.45) is -4.64. The second-order valence-corrected chi connectivity index (χ2v) is 3.90. The average molecular weight is 276 g/mol. The SMILES string of the molecule is CCNC(CC(N)=O)c1ccc(OC(F)(F)F)cc1. The van der Waals surface area contributed by atoms with Crippen molar-refractivity contribution < 1.29 is 22.7 Å². The van der Waals surface area contributed by atoms with E-state index in [-0.39, 0.29) is 18.2 Å². The highest BCUT2D eigenvalue weighted by Gasteiger charge is 2.31. The Labute approximate surface area is 108 Å². The van der Waals surface area contributed by atoms with Gasteiger partial charge in [-0.2, -0.15) is 0 Å². The summed E-state index contributed by atoms with van der Waals surface area (Å²) in [7, 11) is 0. The lowest BCUT2D eigenvalue weighted by Gasteiger charge is -2.17. The first-order chi connectivity index (χ1) is 8.81. The van der Waals surface area contributed by atoms with Crippen molar-refractivity contribution in [2.75, 3.05) is 6.54 Å². The van der Waals surface area contributed by atoms with Crippen LogP contribution in [0.15, 0.2) is 24.3 Å². The first-order valence-corrected chi connectivity index (χ1v) is 5.69. The van der Waals surface area contributed by atoms with Gasteiger partial charge in [-0.05, 0) is 24.2 Å². The number of nitrogens with two attached hydrogens (primary N) is 1. The van der Waals surface area contributed by atoms with Gasteiger partial charge in [0, 0.05) is 12.5 Å². The smallest absolute Gasteiger partial charge is 0.406 e. The molecule has 0 saturated carbocycles. The molecular weight excluding hydrogens is 261 g/mol. The number of carbonyl (C=O) groups excluding carboxylic acids is 1. The standard InChI is InChI=1S/C12H15F3N2O2/c1-2-17-10(7-11(16)18)8-3-5-9(6-4-8)19-12(13,14)15/h3-6,10,17H,2,7H2,1H3,(H2,16,18). The van der Waals surface area contributed by atoms with Crippen molar-refractivity contribution in [1.82, 2.24) is 5.32 Å². The largest absolute Gasteiger partial charge is 0.573 e. The molecule has 1 aromatic rings. The minimum Gasteiger partial charge on any atom is -0.406 e. The monoisotopic (exact) mass is 276 g/mol. The number of alkyl halides is 3. The number of carbonyl (C=O) groups is 1. The maximum atomic E-state index is 12.0. The van der Waals surface area contributed by atoms with E-state index in [1.54, 1.807) is 0 Å². The van der Waals surface area contributed by atoms with Crippen molar-refractivity contribution >= 4 is 5.91 Å². The van der Waals surface area contributed by atoms with E-state index in [0.717, 1.165) is 0 Å². The highest BCUT2D eigenvalue weighted by molar-refractivity contribution is 5.74. The second-order valence-electron chi connectivity index (χ2n) is 3.90. The summed E-state index contributed by atoms with van der Waals surface area (Å²) in [5, 5.41) is 3.03. The van der Waals surface area contributed by atoms with Crippen molar-refractivity contribution in [3.63, 3.8) is 0 Å². The molecule has 0 bridgehead atoms. The van der Waals surface area contributed by atoms with Crippen LogP contribution in [0.3, 0.4) is 0 Å². The molecule has 1 amide bonds. The van der Waals surface area contributed by atoms with E-state index in [1.807, 2.05) is 6.92 Å². The maximum Gasteiger partial charge on any atom is 0.573 e. The van der Waals surface area contributed by atoms with E-state index in [1.165, 1.54) is 24.3 Å². The minimum absolute atomic E-state index is 0.0767. The number of ether oxygens (including phenoxy) is 1. The third kappa shape index (κ3) is 5.60. The maximum absolute atomic E-state index is 12.0. The third-order valence-corrected chi connectivity index (χ3v) is 2.37. The fraction of sp³-hybridized carbons (Fsp3) is 0.417. The number of rotatable bonds is 6. The number of hydrogen-bond donors (Lipinski definition) is 2. The molecule has 3 N–H and O–H groups in total. The Bertz CT molecular complexity index is 418. The summed E-state index contributed by atoms with van der Waals surface area (Å²) in [5.41, 5.74) is 5.80. The van der Waals surface area contributed by atoms with E-state index in [9.17, 15) is 18.0 Å². The number of nitrogens with one attached hydrogen (secondary N) is 1. The van der Waals surface area contributed by atoms with E-state index in [2.05, 4.69) is 10.1 Å². The molecule has 0 aliphatic rings. The van der Waals surface area contributed by atoms with Gasteiger partial charge in [0.15, 0.2) is 0 Å². The van der Waals surface area contributed by atoms with Crippen LogP contribution in [0.25, 0.3) is 0 Å². The van der Waals surface area contributed by atoms with Gasteiger partial charge in [-0.25, -0.2) is 0 Å². The van der Waals surface area contributed by atoms with E-state index < -0.39 is 12.3 Å². The fourth-order valence-electron chi connectivity index (χ4n) is 1.66. The first-order valence-electron chi connectivity index (χ1n) is 5.69. The van der Waals surface area contributed by atoms with Crippen LogP contribution in [0, 0.1) is 0 Å². The Balaban J connectivity index is 2.79. The van der Waals surface area contributed by atoms with Gasteiger partial charge in [0.1, 0.15) is 5.75 Å². The molecule has 0 aromatic heterocycles. The fourth-order valence-corrected chi connectivity index (χ4v) is 1.66. The van der Waals surface area contributed by atoms with Crippen molar-refractivity contribution in [2.24, 2.45) is 5.73 Å². The van der Waals surface area contributed by atoms with Gasteiger partial charge in [0.2, 0.25) is 5.91 Å². The second kappa shape index (κ2) is 6.42. The number of halogens is 3. The Morgan fingerprint density at radius 3 is 2.37 bits per heavy atom. The van der Waals surface area contributed by atoms with E-state index in [4.69, 9.17) is 5.73 Å². The van der Waals surface area contributed by atoms with Crippen LogP contribution in [0.2, 0.25) is 0 Å². The summed E-state index contributed by atoms with van der Waals surface area (Å²) < 4.78 is 39.8. The molecule has 0 spiro atoms. The molecule has 1 rings (SSSR count). The molecule has 0 saturated heterocycles. The first kappa shape index (κ1) is 15.3. The summed E-state index contributed by atoms with van der Waals surface area (Å²) >= 11 is 0. The summed E-state index contributed by atoms with van der Waals surface area (Å²) in [4.78, 5) is 10.9. The van der Waals surface area contributed by atoms with E-state index >= 15 is 0 Å². The summed E-state index contributed by atoms with van der Waals surface area (Å²) in [5.74, 6) is -0.785. The predicted molar refractivity (Wildman–Crippen MR) is 63.4 cm³/mol. The van der Waals surface area contributed by atoms with Gasteiger partial charge < -0.3 is 15.8 Å². The number of hydrogen-bond acceptors (Lipinski definition) is 3. The minimum atomic E-state index is -4.71. The zero-order chi connectivity index (χ0) is 14.5. The molecule has 0 heterocycles. The Morgan fingerprint density at radius 2 is 1.95 bits per heavy atom. The number of primary amides is 1. The van der Waals surface area contributed by atoms with Gasteiger partial charge in [-0.3, -0.25) is 4.79 Å². The van der Waals surface area contributed by atoms with Crippen molar-refractivity contribution in [3.8, 4) is 5.75 Å². The summed E-state index contributed by atoms with van der Waals surface area (Å²) in [6, 6.07) is 5.03. The topological polar surface area (TPSA) is 64.3 Å². The van der Waals surface area contributed by atoms with Crippen LogP contribution in [0.5, 0.6) is 5.75 Å². The van der Waals surface area contributed by atoms with Gasteiger partial charge in [-0.15, -0.1) is 13.2 Å². The van der Waals surface area contributed by atoms with Crippen molar-refractivity contribution in [1.29, 1.82) is 0 Å². The number of benzene rings is 1. The Kier molecular flexibility index (Phi) is 5.17. The average Bonchev–Trinajstić information content (AvgIpc) is 2.27. The molecule has 4 nitrogen and oxygen atoms in total. The Morgan fingerprint density at radius 1 is 1.37 bits per heavy atom. The van der Waals surface area contributed by atoms with Crippen LogP contribution < -0.4 is 15.8 Å². The summed E-state index contributed by atoms with van der Waals surface area (Å²) in [6.45, 7) is 2.47. The molecule has 1 atom stereocenters. The quantitative estimate of drug-likeness (QED) is 0.836. The van der Waals surface area contributed by atoms with E-state index in [0.29, 0.717) is 12.1 Å². The normalized spacial score (nSPS) is 13.1. The molecule has 1 aromatic carbocycles. The molecule has 0 aliphatic carbocycles. The molecule has 7 heteroatoms. The zero-order valence-corrected chi connectivity index (χ0v) is 10.3. The molecule has 0 fully saturated rings. The highest BCUT2D eigenvalue weighted by Crippen LogP contribution is 2.25. The predicted octanol–water partition coefficient (Wildman–Crippen LogP) is 2.11. The third-order valence-electron chi connectivity index (χ3n) is 2.37. The highest BCUT2D eigenvalue weighted by atomic mass is 19.4. The molecule has 1 unspecified atom stereocenters. The molecule has 106 valence electrons. The van der Waals surface area contributed by atoms with Gasteiger partial charge in [0.25, 0.3) is 0 Å². The van der Waals surface area contributed by atoms with Gasteiger partial charge in [0.05, 0.1) is 0 Å². The molecule has 0 radical (unpaired) electrons. The lowest BCUT2D eigenvalue weighted by Crippen LogP contribution is -2.26. The van der Waals surface area contributed by atoms with Gasteiger partial charge in [-0.1, -0.05) is 19.1 Å². The van der Waals surface area contributed by atoms with Crippen LogP contribution >= 0.6 is 0 Å². The van der Waals surface area contributed by atoms with Crippen LogP contribution in [-0.4, -0.2) is 18.8 Å². The van der Waals surface area contributed by atoms with Crippen LogP contribution in [-0.2, 0) is 4.79 Å². The lowest BCUT2D eigenvalue weighted by molar-refractivity contribution is -0.274. The molecule has 19 heavy (non-hydrogen) atoms. The lowest BCUT2D eigenvalue weighted by atomic mass is 10.0. The molecular formula is C12H15F3N2O2. The Hall–Kier alpha value is -1.76. The van der Waals surface area contributed by atoms with Crippen molar-refractivity contribution in [2.45, 2.75) is 25.7 Å². The van der Waals surface area contributed by atoms with Crippen molar-refractivity contribution in [3.05, 3.63) is 29.8 Å². The molecule has 0 aliphatic heterocycles. The van der Waals surface area contributed by atoms with Crippen LogP contribution in [0.4, 0.5) is 13.2 Å². The zero-order valence-electron chi connectivity index (χ0n) is 10.3. The number of amides is 1.